The molecular formula is C10H18N2O2. The SMILES string of the molecule is CC(=O)CC(=O)N1CCN(C)C(C)C1. The Morgan fingerprint density at radius 1 is 1.36 bits per heavy atom. The van der Waals surface area contributed by atoms with Crippen molar-refractivity contribution in [3.05, 3.63) is 0 Å². The highest BCUT2D eigenvalue weighted by atomic mass is 16.2. The zero-order chi connectivity index (χ0) is 10.7. The molecule has 0 N–H and O–H groups in total. The number of ketones is 1. The number of rotatable bonds is 2. The van der Waals surface area contributed by atoms with Gasteiger partial charge in [-0.1, -0.05) is 0 Å². The minimum Gasteiger partial charge on any atom is -0.339 e. The highest BCUT2D eigenvalue weighted by Gasteiger charge is 2.24. The van der Waals surface area contributed by atoms with E-state index >= 15 is 0 Å². The van der Waals surface area contributed by atoms with Gasteiger partial charge in [0.25, 0.3) is 0 Å². The van der Waals surface area contributed by atoms with Gasteiger partial charge in [-0.05, 0) is 20.9 Å². The molecular weight excluding hydrogens is 180 g/mol. The van der Waals surface area contributed by atoms with Crippen LogP contribution in [0.2, 0.25) is 0 Å². The third-order valence-corrected chi connectivity index (χ3v) is 2.71. The van der Waals surface area contributed by atoms with E-state index in [9.17, 15) is 9.59 Å². The molecule has 0 bridgehead atoms. The van der Waals surface area contributed by atoms with E-state index < -0.39 is 0 Å². The molecule has 0 aliphatic carbocycles. The highest BCUT2D eigenvalue weighted by Crippen LogP contribution is 2.08. The third-order valence-electron chi connectivity index (χ3n) is 2.71. The molecule has 0 radical (unpaired) electrons. The van der Waals surface area contributed by atoms with E-state index in [1.165, 1.54) is 6.92 Å². The van der Waals surface area contributed by atoms with Crippen molar-refractivity contribution in [3.8, 4) is 0 Å². The quantitative estimate of drug-likeness (QED) is 0.592. The van der Waals surface area contributed by atoms with Gasteiger partial charge in [-0.3, -0.25) is 9.59 Å². The van der Waals surface area contributed by atoms with Gasteiger partial charge in [0.2, 0.25) is 5.91 Å². The summed E-state index contributed by atoms with van der Waals surface area (Å²) >= 11 is 0. The molecule has 1 aliphatic heterocycles. The van der Waals surface area contributed by atoms with E-state index in [1.807, 2.05) is 0 Å². The Kier molecular flexibility index (Phi) is 3.63. The first-order chi connectivity index (χ1) is 6.50. The van der Waals surface area contributed by atoms with Crippen LogP contribution in [0, 0.1) is 0 Å². The van der Waals surface area contributed by atoms with Gasteiger partial charge in [-0.2, -0.15) is 0 Å². The molecule has 80 valence electrons. The highest BCUT2D eigenvalue weighted by molar-refractivity contribution is 5.96. The lowest BCUT2D eigenvalue weighted by Crippen LogP contribution is -2.52. The topological polar surface area (TPSA) is 40.6 Å². The molecule has 1 fully saturated rings. The van der Waals surface area contributed by atoms with Crippen LogP contribution in [0.5, 0.6) is 0 Å². The summed E-state index contributed by atoms with van der Waals surface area (Å²) in [4.78, 5) is 26.3. The molecule has 4 heteroatoms. The molecule has 0 aromatic heterocycles. The lowest BCUT2D eigenvalue weighted by Gasteiger charge is -2.37. The number of hydrogen-bond acceptors (Lipinski definition) is 3. The average molecular weight is 198 g/mol. The molecule has 1 saturated heterocycles. The smallest absolute Gasteiger partial charge is 0.230 e. The second-order valence-corrected chi connectivity index (χ2v) is 4.05. The maximum absolute atomic E-state index is 11.5. The monoisotopic (exact) mass is 198 g/mol. The van der Waals surface area contributed by atoms with E-state index in [1.54, 1.807) is 4.90 Å². The predicted octanol–water partition coefficient (Wildman–Crippen LogP) is 0.128. The molecule has 0 spiro atoms. The number of carbonyl (C=O) groups is 2. The van der Waals surface area contributed by atoms with E-state index in [-0.39, 0.29) is 18.1 Å². The Morgan fingerprint density at radius 3 is 2.50 bits per heavy atom. The lowest BCUT2D eigenvalue weighted by molar-refractivity contribution is -0.136. The molecule has 1 unspecified atom stereocenters. The third kappa shape index (κ3) is 2.80. The van der Waals surface area contributed by atoms with Crippen molar-refractivity contribution in [2.45, 2.75) is 26.3 Å². The Labute approximate surface area is 84.9 Å². The Hall–Kier alpha value is -0.900. The van der Waals surface area contributed by atoms with Crippen LogP contribution in [0.25, 0.3) is 0 Å². The van der Waals surface area contributed by atoms with Crippen LogP contribution >= 0.6 is 0 Å². The molecule has 0 saturated carbocycles. The number of carbonyl (C=O) groups excluding carboxylic acids is 2. The first kappa shape index (κ1) is 11.2. The molecule has 1 rings (SSSR count). The molecule has 1 amide bonds. The van der Waals surface area contributed by atoms with Gasteiger partial charge < -0.3 is 9.80 Å². The zero-order valence-corrected chi connectivity index (χ0v) is 9.12. The Balaban J connectivity index is 2.46. The lowest BCUT2D eigenvalue weighted by atomic mass is 10.2. The number of nitrogens with zero attached hydrogens (tertiary/aromatic N) is 2. The van der Waals surface area contributed by atoms with Gasteiger partial charge >= 0.3 is 0 Å². The summed E-state index contributed by atoms with van der Waals surface area (Å²) in [6, 6.07) is 0.389. The number of likely N-dealkylation sites (N-methyl/N-ethyl adjacent to an activating group) is 1. The van der Waals surface area contributed by atoms with Crippen LogP contribution in [0.4, 0.5) is 0 Å². The van der Waals surface area contributed by atoms with Crippen molar-refractivity contribution >= 4 is 11.7 Å². The van der Waals surface area contributed by atoms with Crippen LogP contribution in [-0.4, -0.2) is 54.2 Å². The van der Waals surface area contributed by atoms with E-state index in [2.05, 4.69) is 18.9 Å². The summed E-state index contributed by atoms with van der Waals surface area (Å²) in [5.74, 6) is -0.0842. The minimum atomic E-state index is -0.0541. The average Bonchev–Trinajstić information content (AvgIpc) is 2.08. The number of piperazine rings is 1. The summed E-state index contributed by atoms with van der Waals surface area (Å²) in [6.07, 6.45) is 0.0520. The second-order valence-electron chi connectivity index (χ2n) is 4.05. The van der Waals surface area contributed by atoms with Crippen LogP contribution < -0.4 is 0 Å². The summed E-state index contributed by atoms with van der Waals surface area (Å²) < 4.78 is 0. The van der Waals surface area contributed by atoms with Gasteiger partial charge in [-0.15, -0.1) is 0 Å². The maximum Gasteiger partial charge on any atom is 0.230 e. The second kappa shape index (κ2) is 4.55. The van der Waals surface area contributed by atoms with Crippen LogP contribution in [-0.2, 0) is 9.59 Å². The summed E-state index contributed by atoms with van der Waals surface area (Å²) in [5, 5.41) is 0. The van der Waals surface area contributed by atoms with E-state index in [0.717, 1.165) is 19.6 Å². The molecule has 1 aliphatic rings. The van der Waals surface area contributed by atoms with Crippen molar-refractivity contribution in [3.63, 3.8) is 0 Å². The molecule has 14 heavy (non-hydrogen) atoms. The van der Waals surface area contributed by atoms with Crippen molar-refractivity contribution in [2.75, 3.05) is 26.7 Å². The number of Topliss-reactive ketones (excluding diaryl/α,β-unsaturated/α-hetero) is 1. The Bertz CT molecular complexity index is 240. The van der Waals surface area contributed by atoms with E-state index in [0.29, 0.717) is 6.04 Å². The molecule has 1 heterocycles. The number of amides is 1. The van der Waals surface area contributed by atoms with Gasteiger partial charge in [-0.25, -0.2) is 0 Å². The van der Waals surface area contributed by atoms with Gasteiger partial charge in [0.05, 0.1) is 6.42 Å². The summed E-state index contributed by atoms with van der Waals surface area (Å²) in [6.45, 7) is 5.92. The van der Waals surface area contributed by atoms with Crippen molar-refractivity contribution in [1.29, 1.82) is 0 Å². The molecule has 1 atom stereocenters. The Morgan fingerprint density at radius 2 is 2.00 bits per heavy atom. The normalized spacial score (nSPS) is 23.6. The summed E-state index contributed by atoms with van der Waals surface area (Å²) in [5.41, 5.74) is 0. The first-order valence-electron chi connectivity index (χ1n) is 4.98. The van der Waals surface area contributed by atoms with Crippen molar-refractivity contribution < 1.29 is 9.59 Å². The maximum atomic E-state index is 11.5. The largest absolute Gasteiger partial charge is 0.339 e. The standard InChI is InChI=1S/C10H18N2O2/c1-8-7-12(5-4-11(8)3)10(14)6-9(2)13/h8H,4-7H2,1-3H3. The molecule has 0 aromatic carbocycles. The fraction of sp³-hybridized carbons (Fsp3) is 0.800. The number of hydrogen-bond donors (Lipinski definition) is 0. The van der Waals surface area contributed by atoms with Gasteiger partial charge in [0, 0.05) is 25.7 Å². The van der Waals surface area contributed by atoms with Gasteiger partial charge in [0.1, 0.15) is 5.78 Å². The predicted molar refractivity (Wildman–Crippen MR) is 54.0 cm³/mol. The zero-order valence-electron chi connectivity index (χ0n) is 9.12. The van der Waals surface area contributed by atoms with Crippen LogP contribution in [0.1, 0.15) is 20.3 Å². The first-order valence-corrected chi connectivity index (χ1v) is 4.98. The minimum absolute atomic E-state index is 0.0301. The van der Waals surface area contributed by atoms with Crippen molar-refractivity contribution in [1.82, 2.24) is 9.80 Å². The van der Waals surface area contributed by atoms with E-state index in [4.69, 9.17) is 0 Å². The van der Waals surface area contributed by atoms with Crippen molar-refractivity contribution in [2.24, 2.45) is 0 Å². The molecule has 4 nitrogen and oxygen atoms in total. The fourth-order valence-electron chi connectivity index (χ4n) is 1.60. The fourth-order valence-corrected chi connectivity index (χ4v) is 1.60. The summed E-state index contributed by atoms with van der Waals surface area (Å²) in [7, 11) is 2.05. The molecule has 0 aromatic rings. The van der Waals surface area contributed by atoms with Gasteiger partial charge in [0.15, 0.2) is 0 Å². The van der Waals surface area contributed by atoms with Crippen LogP contribution in [0.15, 0.2) is 0 Å². The van der Waals surface area contributed by atoms with Crippen LogP contribution in [0.3, 0.4) is 0 Å².